The molecule has 0 aliphatic heterocycles. The predicted molar refractivity (Wildman–Crippen MR) is 205 cm³/mol. The molecule has 0 unspecified atom stereocenters. The van der Waals surface area contributed by atoms with Crippen molar-refractivity contribution in [1.29, 1.82) is 0 Å². The largest absolute Gasteiger partial charge is 0.505 e. The molecule has 5 aromatic rings. The number of aromatic nitrogens is 6. The molecule has 0 aliphatic carbocycles. The molecule has 0 saturated heterocycles. The van der Waals surface area contributed by atoms with Crippen molar-refractivity contribution in [2.45, 2.75) is 101 Å². The average Bonchev–Trinajstić information content (AvgIpc) is 3.62. The number of aliphatic hydroxyl groups excluding tert-OH is 1. The summed E-state index contributed by atoms with van der Waals surface area (Å²) >= 11 is 0. The zero-order valence-electron chi connectivity index (χ0n) is 31.8. The molecule has 264 valence electrons. The van der Waals surface area contributed by atoms with Crippen molar-refractivity contribution < 1.29 is 10.2 Å². The fourth-order valence-electron chi connectivity index (χ4n) is 7.30. The third kappa shape index (κ3) is 8.18. The van der Waals surface area contributed by atoms with Crippen molar-refractivity contribution in [1.82, 2.24) is 30.0 Å². The third-order valence-electron chi connectivity index (χ3n) is 9.30. The summed E-state index contributed by atoms with van der Waals surface area (Å²) in [5, 5.41) is 42.8. The number of fused-ring (bicyclic) bond motifs is 2. The Morgan fingerprint density at radius 3 is 1.70 bits per heavy atom. The quantitative estimate of drug-likeness (QED) is 0.113. The van der Waals surface area contributed by atoms with Crippen LogP contribution in [0.2, 0.25) is 0 Å². The van der Waals surface area contributed by atoms with Gasteiger partial charge in [-0.25, -0.2) is 0 Å². The highest BCUT2D eigenvalue weighted by atomic mass is 16.3. The molecular weight excluding hydrogens is 621 g/mol. The van der Waals surface area contributed by atoms with Gasteiger partial charge in [-0.05, 0) is 89.0 Å². The van der Waals surface area contributed by atoms with Crippen molar-refractivity contribution in [3.8, 4) is 11.4 Å². The van der Waals surface area contributed by atoms with E-state index in [9.17, 15) is 10.2 Å². The lowest BCUT2D eigenvalue weighted by Gasteiger charge is -2.34. The van der Waals surface area contributed by atoms with Crippen molar-refractivity contribution in [3.05, 3.63) is 101 Å². The van der Waals surface area contributed by atoms with Crippen molar-refractivity contribution in [2.75, 3.05) is 0 Å². The SMILES string of the molecule is C=C(Cc1cc(C(C)(C)CC(C)(C)C)cc(-n2nc3ccccc3n2)c1O)/C(O)=C(\C=C(/C)C(C)(C)CC(C)(C)C)n1nc2ccccc2n1. The van der Waals surface area contributed by atoms with Crippen LogP contribution in [-0.4, -0.2) is 40.2 Å². The van der Waals surface area contributed by atoms with Gasteiger partial charge in [-0.2, -0.15) is 0 Å². The molecule has 3 aromatic carbocycles. The Balaban J connectivity index is 1.65. The Labute approximate surface area is 297 Å². The average molecular weight is 675 g/mol. The second-order valence-corrected chi connectivity index (χ2v) is 17.5. The highest BCUT2D eigenvalue weighted by Crippen LogP contribution is 2.42. The van der Waals surface area contributed by atoms with E-state index in [2.05, 4.69) is 82.7 Å². The number of phenols is 1. The first-order valence-electron chi connectivity index (χ1n) is 17.5. The maximum absolute atomic E-state index is 12.0. The molecule has 2 heterocycles. The van der Waals surface area contributed by atoms with Gasteiger partial charge in [0.05, 0.1) is 0 Å². The van der Waals surface area contributed by atoms with E-state index >= 15 is 0 Å². The highest BCUT2D eigenvalue weighted by molar-refractivity contribution is 5.76. The molecule has 2 aromatic heterocycles. The number of phenolic OH excluding ortho intramolecular Hbond substituents is 1. The number of aromatic hydroxyl groups is 1. The minimum atomic E-state index is -0.246. The number of allylic oxidation sites excluding steroid dienone is 4. The standard InChI is InChI=1S/C42H54N6O2/c1-27(37(49)35(22-28(2)41(9,10)25-39(3,4)5)47-43-31-17-13-14-18-32(31)44-47)21-29-23-30(42(11,12)26-40(6,7)8)24-36(38(29)50)48-45-33-19-15-16-20-34(33)46-48/h13-20,22-24,49-50H,1,21,25-26H2,2-12H3/b28-22+,37-35-. The van der Waals surface area contributed by atoms with E-state index in [1.807, 2.05) is 66.7 Å². The van der Waals surface area contributed by atoms with Crippen LogP contribution in [-0.2, 0) is 11.8 Å². The van der Waals surface area contributed by atoms with Gasteiger partial charge in [-0.15, -0.1) is 30.0 Å². The topological polar surface area (TPSA) is 102 Å². The molecule has 0 atom stereocenters. The van der Waals surface area contributed by atoms with Crippen LogP contribution < -0.4 is 0 Å². The van der Waals surface area contributed by atoms with Gasteiger partial charge in [0.15, 0.2) is 0 Å². The lowest BCUT2D eigenvalue weighted by atomic mass is 9.72. The second kappa shape index (κ2) is 13.2. The van der Waals surface area contributed by atoms with Crippen LogP contribution in [0.5, 0.6) is 5.75 Å². The van der Waals surface area contributed by atoms with E-state index in [4.69, 9.17) is 20.4 Å². The molecule has 0 amide bonds. The maximum Gasteiger partial charge on any atom is 0.146 e. The number of aliphatic hydroxyl groups is 1. The molecular formula is C42H54N6O2. The van der Waals surface area contributed by atoms with E-state index in [1.54, 1.807) is 0 Å². The maximum atomic E-state index is 12.0. The monoisotopic (exact) mass is 674 g/mol. The summed E-state index contributed by atoms with van der Waals surface area (Å²) in [7, 11) is 0. The summed E-state index contributed by atoms with van der Waals surface area (Å²) in [5.74, 6) is -0.00317. The number of hydrogen-bond acceptors (Lipinski definition) is 6. The molecule has 2 N–H and O–H groups in total. The Kier molecular flexibility index (Phi) is 9.65. The van der Waals surface area contributed by atoms with Crippen LogP contribution in [0.25, 0.3) is 33.5 Å². The lowest BCUT2D eigenvalue weighted by molar-refractivity contribution is 0.249. The number of benzene rings is 3. The zero-order valence-corrected chi connectivity index (χ0v) is 31.8. The Morgan fingerprint density at radius 2 is 1.22 bits per heavy atom. The number of nitrogens with zero attached hydrogens (tertiary/aromatic N) is 6. The zero-order chi connectivity index (χ0) is 36.8. The summed E-state index contributed by atoms with van der Waals surface area (Å²) in [5.41, 5.74) is 6.71. The molecule has 5 rings (SSSR count). The van der Waals surface area contributed by atoms with Gasteiger partial charge in [-0.1, -0.05) is 112 Å². The smallest absolute Gasteiger partial charge is 0.146 e. The predicted octanol–water partition coefficient (Wildman–Crippen LogP) is 10.5. The van der Waals surface area contributed by atoms with Crippen LogP contribution in [0.3, 0.4) is 0 Å². The van der Waals surface area contributed by atoms with Gasteiger partial charge in [0, 0.05) is 12.0 Å². The first-order valence-corrected chi connectivity index (χ1v) is 17.5. The van der Waals surface area contributed by atoms with E-state index in [1.165, 1.54) is 9.59 Å². The van der Waals surface area contributed by atoms with Crippen molar-refractivity contribution in [2.24, 2.45) is 16.2 Å². The minimum absolute atomic E-state index is 0.0390. The molecule has 8 nitrogen and oxygen atoms in total. The molecule has 50 heavy (non-hydrogen) atoms. The molecule has 8 heteroatoms. The minimum Gasteiger partial charge on any atom is -0.505 e. The van der Waals surface area contributed by atoms with Crippen LogP contribution in [0.1, 0.15) is 100 Å². The van der Waals surface area contributed by atoms with E-state index in [0.29, 0.717) is 22.5 Å². The summed E-state index contributed by atoms with van der Waals surface area (Å²) in [4.78, 5) is 3.00. The van der Waals surface area contributed by atoms with Gasteiger partial charge in [-0.3, -0.25) is 0 Å². The molecule has 0 fully saturated rings. The normalized spacial score (nSPS) is 14.0. The van der Waals surface area contributed by atoms with Crippen LogP contribution in [0.4, 0.5) is 0 Å². The number of rotatable bonds is 10. The first kappa shape index (κ1) is 36.6. The molecule has 0 saturated carbocycles. The van der Waals surface area contributed by atoms with Gasteiger partial charge >= 0.3 is 0 Å². The van der Waals surface area contributed by atoms with E-state index < -0.39 is 0 Å². The van der Waals surface area contributed by atoms with Crippen molar-refractivity contribution in [3.63, 3.8) is 0 Å². The van der Waals surface area contributed by atoms with Gasteiger partial charge in [0.25, 0.3) is 0 Å². The van der Waals surface area contributed by atoms with Crippen LogP contribution >= 0.6 is 0 Å². The first-order chi connectivity index (χ1) is 23.1. The lowest BCUT2D eigenvalue weighted by Crippen LogP contribution is -2.25. The van der Waals surface area contributed by atoms with Crippen LogP contribution in [0.15, 0.2) is 90.2 Å². The third-order valence-corrected chi connectivity index (χ3v) is 9.30. The fourth-order valence-corrected chi connectivity index (χ4v) is 7.30. The molecule has 0 bridgehead atoms. The van der Waals surface area contributed by atoms with Crippen molar-refractivity contribution >= 4 is 27.8 Å². The van der Waals surface area contributed by atoms with Gasteiger partial charge < -0.3 is 10.2 Å². The summed E-state index contributed by atoms with van der Waals surface area (Å²) < 4.78 is 0. The summed E-state index contributed by atoms with van der Waals surface area (Å²) in [6.45, 7) is 28.7. The van der Waals surface area contributed by atoms with E-state index in [0.717, 1.165) is 46.0 Å². The Morgan fingerprint density at radius 1 is 0.740 bits per heavy atom. The second-order valence-electron chi connectivity index (χ2n) is 17.5. The number of hydrogen-bond donors (Lipinski definition) is 2. The summed E-state index contributed by atoms with van der Waals surface area (Å²) in [6.07, 6.45) is 3.99. The Hall–Kier alpha value is -4.72. The fraction of sp³-hybridized carbons (Fsp3) is 0.429. The molecule has 0 spiro atoms. The van der Waals surface area contributed by atoms with Gasteiger partial charge in [0.1, 0.15) is 45.0 Å². The van der Waals surface area contributed by atoms with Crippen LogP contribution in [0, 0.1) is 16.2 Å². The molecule has 0 aliphatic rings. The highest BCUT2D eigenvalue weighted by Gasteiger charge is 2.31. The molecule has 0 radical (unpaired) electrons. The summed E-state index contributed by atoms with van der Waals surface area (Å²) in [6, 6.07) is 19.3. The van der Waals surface area contributed by atoms with E-state index in [-0.39, 0.29) is 39.6 Å². The Bertz CT molecular complexity index is 2050. The van der Waals surface area contributed by atoms with Gasteiger partial charge in [0.2, 0.25) is 0 Å².